The monoisotopic (exact) mass is 407 g/mol. The van der Waals surface area contributed by atoms with Crippen LogP contribution in [0.25, 0.3) is 0 Å². The fourth-order valence-corrected chi connectivity index (χ4v) is 3.64. The first-order valence-corrected chi connectivity index (χ1v) is 9.61. The Morgan fingerprint density at radius 2 is 1.80 bits per heavy atom. The van der Waals surface area contributed by atoms with Crippen LogP contribution >= 0.6 is 0 Å². The molecule has 0 saturated carbocycles. The summed E-state index contributed by atoms with van der Waals surface area (Å²) in [5.74, 6) is -0.963. The fourth-order valence-electron chi connectivity index (χ4n) is 3.64. The third-order valence-electron chi connectivity index (χ3n) is 5.06. The third kappa shape index (κ3) is 4.48. The number of nitrogens with zero attached hydrogens (tertiary/aromatic N) is 1. The molecule has 0 aliphatic carbocycles. The summed E-state index contributed by atoms with van der Waals surface area (Å²) in [6.45, 7) is 5.27. The zero-order valence-electron chi connectivity index (χ0n) is 17.2. The molecular formula is C23H25N3O4. The number of aryl methyl sites for hydroxylation is 2. The van der Waals surface area contributed by atoms with Crippen LogP contribution in [0.15, 0.2) is 48.9 Å². The molecule has 0 spiro atoms. The number of Topliss-reactive ketones (excluding diaryl/α,β-unsaturated/α-hetero) is 1. The number of carbonyl (C=O) groups excluding carboxylic acids is 2. The maximum atomic E-state index is 13.1. The summed E-state index contributed by atoms with van der Waals surface area (Å²) in [5.41, 5.74) is 9.90. The largest absolute Gasteiger partial charge is 0.428 e. The Bertz CT molecular complexity index is 1050. The second-order valence-corrected chi connectivity index (χ2v) is 7.31. The molecule has 0 fully saturated rings. The van der Waals surface area contributed by atoms with Crippen molar-refractivity contribution in [2.45, 2.75) is 39.5 Å². The Balaban J connectivity index is 1.89. The number of hydrogen-bond acceptors (Lipinski definition) is 6. The second kappa shape index (κ2) is 9.02. The standard InChI is InChI=1S/C23H25N3O4/c1-13-9-14(2)20(23(29)30-22(28)16-7-5-4-6-8-16)15(3)19(13)21(27)18(24)10-17-11-25-12-26-17/h4-9,11-12,18,22,28H,10,24H2,1-3H3,(H,25,26)/t18-,22?/m0/s1. The van der Waals surface area contributed by atoms with Gasteiger partial charge in [0.15, 0.2) is 5.78 Å². The Morgan fingerprint density at radius 3 is 2.43 bits per heavy atom. The predicted octanol–water partition coefficient (Wildman–Crippen LogP) is 2.94. The number of esters is 1. The van der Waals surface area contributed by atoms with Crippen molar-refractivity contribution in [3.05, 3.63) is 88.0 Å². The first-order chi connectivity index (χ1) is 14.3. The maximum absolute atomic E-state index is 13.1. The molecule has 30 heavy (non-hydrogen) atoms. The van der Waals surface area contributed by atoms with E-state index >= 15 is 0 Å². The smallest absolute Gasteiger partial charge is 0.341 e. The lowest BCUT2D eigenvalue weighted by Gasteiger charge is -2.19. The van der Waals surface area contributed by atoms with E-state index in [2.05, 4.69) is 9.97 Å². The summed E-state index contributed by atoms with van der Waals surface area (Å²) in [7, 11) is 0. The minimum absolute atomic E-state index is 0.257. The number of aromatic nitrogens is 2. The number of benzene rings is 2. The molecule has 3 aromatic rings. The number of carbonyl (C=O) groups is 2. The highest BCUT2D eigenvalue weighted by Crippen LogP contribution is 2.26. The molecule has 0 saturated heterocycles. The molecule has 156 valence electrons. The van der Waals surface area contributed by atoms with Crippen molar-refractivity contribution < 1.29 is 19.4 Å². The average Bonchev–Trinajstić information content (AvgIpc) is 3.21. The van der Waals surface area contributed by atoms with Crippen molar-refractivity contribution in [2.75, 3.05) is 0 Å². The predicted molar refractivity (Wildman–Crippen MR) is 112 cm³/mol. The lowest BCUT2D eigenvalue weighted by atomic mass is 9.88. The van der Waals surface area contributed by atoms with Gasteiger partial charge in [0.05, 0.1) is 17.9 Å². The van der Waals surface area contributed by atoms with Crippen LogP contribution in [0.3, 0.4) is 0 Å². The summed E-state index contributed by atoms with van der Waals surface area (Å²) in [4.78, 5) is 32.8. The lowest BCUT2D eigenvalue weighted by molar-refractivity contribution is -0.0672. The summed E-state index contributed by atoms with van der Waals surface area (Å²) < 4.78 is 5.27. The van der Waals surface area contributed by atoms with Gasteiger partial charge in [0.2, 0.25) is 6.29 Å². The van der Waals surface area contributed by atoms with E-state index in [4.69, 9.17) is 10.5 Å². The van der Waals surface area contributed by atoms with Crippen LogP contribution in [0, 0.1) is 20.8 Å². The molecule has 0 bridgehead atoms. The highest BCUT2D eigenvalue weighted by Gasteiger charge is 2.26. The van der Waals surface area contributed by atoms with Crippen molar-refractivity contribution in [2.24, 2.45) is 5.73 Å². The van der Waals surface area contributed by atoms with Crippen LogP contribution in [0.4, 0.5) is 0 Å². The van der Waals surface area contributed by atoms with E-state index in [1.54, 1.807) is 56.4 Å². The third-order valence-corrected chi connectivity index (χ3v) is 5.06. The van der Waals surface area contributed by atoms with E-state index in [9.17, 15) is 14.7 Å². The van der Waals surface area contributed by atoms with Crippen LogP contribution < -0.4 is 5.73 Å². The van der Waals surface area contributed by atoms with Crippen molar-refractivity contribution in [1.82, 2.24) is 9.97 Å². The molecule has 0 aliphatic heterocycles. The molecule has 7 heteroatoms. The van der Waals surface area contributed by atoms with Gasteiger partial charge >= 0.3 is 5.97 Å². The van der Waals surface area contributed by atoms with Gasteiger partial charge in [-0.25, -0.2) is 9.78 Å². The van der Waals surface area contributed by atoms with Crippen LogP contribution in [-0.4, -0.2) is 32.9 Å². The van der Waals surface area contributed by atoms with Crippen LogP contribution in [0.2, 0.25) is 0 Å². The molecule has 0 radical (unpaired) electrons. The van der Waals surface area contributed by atoms with Crippen molar-refractivity contribution in [1.29, 1.82) is 0 Å². The number of rotatable bonds is 7. The first kappa shape index (κ1) is 21.4. The zero-order chi connectivity index (χ0) is 21.8. The molecule has 1 heterocycles. The number of ketones is 1. The van der Waals surface area contributed by atoms with Gasteiger partial charge in [0.1, 0.15) is 0 Å². The van der Waals surface area contributed by atoms with Crippen LogP contribution in [-0.2, 0) is 11.2 Å². The Kier molecular flexibility index (Phi) is 6.44. The van der Waals surface area contributed by atoms with E-state index in [1.807, 2.05) is 6.92 Å². The summed E-state index contributed by atoms with van der Waals surface area (Å²) >= 11 is 0. The summed E-state index contributed by atoms with van der Waals surface area (Å²) in [5, 5.41) is 10.3. The van der Waals surface area contributed by atoms with Gasteiger partial charge < -0.3 is 20.6 Å². The van der Waals surface area contributed by atoms with Gasteiger partial charge in [0.25, 0.3) is 0 Å². The molecule has 7 nitrogen and oxygen atoms in total. The van der Waals surface area contributed by atoms with Gasteiger partial charge in [-0.15, -0.1) is 0 Å². The number of nitrogens with one attached hydrogen (secondary N) is 1. The normalized spacial score (nSPS) is 13.0. The minimum atomic E-state index is -1.40. The van der Waals surface area contributed by atoms with E-state index in [-0.39, 0.29) is 11.3 Å². The number of aliphatic hydroxyl groups is 1. The Labute approximate surface area is 174 Å². The van der Waals surface area contributed by atoms with Crippen LogP contribution in [0.1, 0.15) is 55.0 Å². The molecule has 3 rings (SSSR count). The fraction of sp³-hybridized carbons (Fsp3) is 0.261. The van der Waals surface area contributed by atoms with Crippen molar-refractivity contribution >= 4 is 11.8 Å². The van der Waals surface area contributed by atoms with Gasteiger partial charge in [-0.05, 0) is 37.5 Å². The van der Waals surface area contributed by atoms with Crippen molar-refractivity contribution in [3.8, 4) is 0 Å². The van der Waals surface area contributed by atoms with Gasteiger partial charge in [-0.3, -0.25) is 4.79 Å². The molecule has 4 N–H and O–H groups in total. The average molecular weight is 407 g/mol. The molecule has 0 aliphatic rings. The quantitative estimate of drug-likeness (QED) is 0.315. The van der Waals surface area contributed by atoms with Gasteiger partial charge in [-0.1, -0.05) is 36.4 Å². The van der Waals surface area contributed by atoms with E-state index in [1.165, 1.54) is 6.33 Å². The SMILES string of the molecule is Cc1cc(C)c(C(=O)[C@@H](N)Cc2cnc[nH]2)c(C)c1C(=O)OC(O)c1ccccc1. The molecule has 1 unspecified atom stereocenters. The maximum Gasteiger partial charge on any atom is 0.341 e. The number of ether oxygens (including phenoxy) is 1. The summed E-state index contributed by atoms with van der Waals surface area (Å²) in [6, 6.07) is 9.58. The number of aromatic amines is 1. The van der Waals surface area contributed by atoms with Gasteiger partial charge in [0, 0.05) is 29.4 Å². The van der Waals surface area contributed by atoms with E-state index < -0.39 is 18.3 Å². The van der Waals surface area contributed by atoms with Crippen LogP contribution in [0.5, 0.6) is 0 Å². The molecule has 2 aromatic carbocycles. The highest BCUT2D eigenvalue weighted by molar-refractivity contribution is 6.05. The highest BCUT2D eigenvalue weighted by atomic mass is 16.6. The lowest BCUT2D eigenvalue weighted by Crippen LogP contribution is -2.34. The van der Waals surface area contributed by atoms with Gasteiger partial charge in [-0.2, -0.15) is 0 Å². The number of imidazole rings is 1. The molecule has 2 atom stereocenters. The Hall–Kier alpha value is -3.29. The number of H-pyrrole nitrogens is 1. The number of nitrogens with two attached hydrogens (primary N) is 1. The minimum Gasteiger partial charge on any atom is -0.428 e. The van der Waals surface area contributed by atoms with Crippen molar-refractivity contribution in [3.63, 3.8) is 0 Å². The number of hydrogen-bond donors (Lipinski definition) is 3. The van der Waals surface area contributed by atoms with E-state index in [0.29, 0.717) is 28.7 Å². The molecular weight excluding hydrogens is 382 g/mol. The first-order valence-electron chi connectivity index (χ1n) is 9.61. The Morgan fingerprint density at radius 1 is 1.13 bits per heavy atom. The zero-order valence-corrected chi connectivity index (χ0v) is 17.2. The topological polar surface area (TPSA) is 118 Å². The molecule has 0 amide bonds. The summed E-state index contributed by atoms with van der Waals surface area (Å²) in [6.07, 6.45) is 2.05. The number of aliphatic hydroxyl groups excluding tert-OH is 1. The van der Waals surface area contributed by atoms with E-state index in [0.717, 1.165) is 11.3 Å². The second-order valence-electron chi connectivity index (χ2n) is 7.31. The molecule has 1 aromatic heterocycles.